The summed E-state index contributed by atoms with van der Waals surface area (Å²) >= 11 is 0. The van der Waals surface area contributed by atoms with E-state index in [4.69, 9.17) is 14.9 Å². The van der Waals surface area contributed by atoms with Gasteiger partial charge in [-0.15, -0.1) is 0 Å². The molecule has 1 N–H and O–H groups in total. The number of likely N-dealkylation sites (N-methyl/N-ethyl adjacent to an activating group) is 1. The number of hydrogen-bond donors (Lipinski definition) is 1. The molecule has 1 aromatic rings. The minimum Gasteiger partial charge on any atom is -0.493 e. The maximum atomic E-state index is 10.1. The van der Waals surface area contributed by atoms with Gasteiger partial charge in [-0.2, -0.15) is 15.8 Å². The van der Waals surface area contributed by atoms with Crippen LogP contribution < -0.4 is 9.47 Å². The van der Waals surface area contributed by atoms with Crippen LogP contribution in [0.4, 0.5) is 0 Å². The van der Waals surface area contributed by atoms with Crippen LogP contribution in [-0.2, 0) is 0 Å². The lowest BCUT2D eigenvalue weighted by molar-refractivity contribution is 0.234. The Labute approximate surface area is 182 Å². The van der Waals surface area contributed by atoms with Gasteiger partial charge in [-0.3, -0.25) is 0 Å². The molecule has 0 radical (unpaired) electrons. The zero-order valence-corrected chi connectivity index (χ0v) is 18.0. The highest BCUT2D eigenvalue weighted by atomic mass is 16.5. The molecule has 1 heterocycles. The first-order chi connectivity index (χ1) is 14.8. The fourth-order valence-corrected chi connectivity index (χ4v) is 4.53. The average Bonchev–Trinajstić information content (AvgIpc) is 2.77. The fraction of sp³-hybridized carbons (Fsp3) is 0.417. The summed E-state index contributed by atoms with van der Waals surface area (Å²) in [5.41, 5.74) is 0.486. The molecule has 0 spiro atoms. The van der Waals surface area contributed by atoms with Crippen LogP contribution >= 0.6 is 0 Å². The second-order valence-electron chi connectivity index (χ2n) is 8.17. The number of nitrogens with one attached hydrogen (secondary N) is 1. The maximum absolute atomic E-state index is 10.1. The molecular formula is C24H25N5O2. The highest BCUT2D eigenvalue weighted by Crippen LogP contribution is 2.54. The summed E-state index contributed by atoms with van der Waals surface area (Å²) in [5, 5.41) is 38.7. The van der Waals surface area contributed by atoms with Gasteiger partial charge >= 0.3 is 0 Å². The van der Waals surface area contributed by atoms with Crippen LogP contribution in [0.25, 0.3) is 0 Å². The summed E-state index contributed by atoms with van der Waals surface area (Å²) in [4.78, 5) is 2.09. The normalized spacial score (nSPS) is 24.6. The molecule has 1 aliphatic carbocycles. The van der Waals surface area contributed by atoms with E-state index in [9.17, 15) is 15.8 Å². The molecule has 0 aromatic heterocycles. The lowest BCUT2D eigenvalue weighted by Gasteiger charge is -2.47. The van der Waals surface area contributed by atoms with E-state index in [-0.39, 0.29) is 11.6 Å². The van der Waals surface area contributed by atoms with E-state index in [1.807, 2.05) is 26.1 Å². The Bertz CT molecular complexity index is 1050. The Balaban J connectivity index is 2.18. The Hall–Kier alpha value is -3.60. The molecule has 7 heteroatoms. The van der Waals surface area contributed by atoms with Gasteiger partial charge in [0.05, 0.1) is 31.0 Å². The average molecular weight is 415 g/mol. The summed E-state index contributed by atoms with van der Waals surface area (Å²) in [6.07, 6.45) is 1.96. The molecule has 31 heavy (non-hydrogen) atoms. The van der Waals surface area contributed by atoms with Crippen molar-refractivity contribution in [1.82, 2.24) is 4.90 Å². The highest BCUT2D eigenvalue weighted by molar-refractivity contribution is 6.00. The van der Waals surface area contributed by atoms with Crippen LogP contribution in [0.2, 0.25) is 0 Å². The molecule has 1 aromatic carbocycles. The van der Waals surface area contributed by atoms with E-state index in [2.05, 4.69) is 29.7 Å². The Kier molecular flexibility index (Phi) is 6.16. The Morgan fingerprint density at radius 3 is 2.58 bits per heavy atom. The number of ether oxygens (including phenoxy) is 2. The molecule has 3 atom stereocenters. The number of rotatable bonds is 5. The van der Waals surface area contributed by atoms with E-state index in [1.54, 1.807) is 12.1 Å². The zero-order valence-electron chi connectivity index (χ0n) is 18.0. The van der Waals surface area contributed by atoms with E-state index in [1.165, 1.54) is 7.11 Å². The third-order valence-corrected chi connectivity index (χ3v) is 5.99. The van der Waals surface area contributed by atoms with E-state index in [0.29, 0.717) is 36.8 Å². The van der Waals surface area contributed by atoms with Gasteiger partial charge in [-0.1, -0.05) is 18.7 Å². The van der Waals surface area contributed by atoms with Crippen LogP contribution in [-0.4, -0.2) is 44.5 Å². The molecular weight excluding hydrogens is 390 g/mol. The number of methoxy groups -OCH3 is 1. The van der Waals surface area contributed by atoms with Gasteiger partial charge in [0.25, 0.3) is 0 Å². The quantitative estimate of drug-likeness (QED) is 0.736. The number of benzene rings is 1. The van der Waals surface area contributed by atoms with Gasteiger partial charge in [0, 0.05) is 24.9 Å². The predicted octanol–water partition coefficient (Wildman–Crippen LogP) is 3.43. The number of hydrogen-bond acceptors (Lipinski definition) is 7. The van der Waals surface area contributed by atoms with Gasteiger partial charge in [0.15, 0.2) is 16.9 Å². The van der Waals surface area contributed by atoms with Crippen LogP contribution in [0.15, 0.2) is 42.0 Å². The van der Waals surface area contributed by atoms with Gasteiger partial charge in [-0.25, -0.2) is 0 Å². The van der Waals surface area contributed by atoms with Crippen molar-refractivity contribution in [1.29, 1.82) is 21.2 Å². The van der Waals surface area contributed by atoms with Crippen LogP contribution in [0.1, 0.15) is 18.4 Å². The lowest BCUT2D eigenvalue weighted by atomic mass is 9.54. The van der Waals surface area contributed by atoms with Crippen molar-refractivity contribution >= 4 is 5.71 Å². The van der Waals surface area contributed by atoms with Crippen LogP contribution in [0.5, 0.6) is 11.5 Å². The van der Waals surface area contributed by atoms with Gasteiger partial charge in [-0.05, 0) is 42.8 Å². The minimum atomic E-state index is -1.74. The number of nitrogens with zero attached hydrogens (tertiary/aromatic N) is 4. The fourth-order valence-electron chi connectivity index (χ4n) is 4.53. The van der Waals surface area contributed by atoms with Gasteiger partial charge in [0.2, 0.25) is 0 Å². The summed E-state index contributed by atoms with van der Waals surface area (Å²) in [6, 6.07) is 11.7. The molecule has 1 fully saturated rings. The molecule has 3 rings (SSSR count). The molecule has 7 nitrogen and oxygen atoms in total. The third-order valence-electron chi connectivity index (χ3n) is 5.99. The van der Waals surface area contributed by atoms with Crippen molar-refractivity contribution in [3.8, 4) is 29.7 Å². The largest absolute Gasteiger partial charge is 0.493 e. The van der Waals surface area contributed by atoms with Gasteiger partial charge < -0.3 is 19.8 Å². The molecule has 2 aliphatic rings. The molecule has 1 saturated carbocycles. The molecule has 0 unspecified atom stereocenters. The highest BCUT2D eigenvalue weighted by Gasteiger charge is 2.57. The zero-order chi connectivity index (χ0) is 22.8. The first-order valence-corrected chi connectivity index (χ1v) is 9.97. The van der Waals surface area contributed by atoms with Crippen molar-refractivity contribution in [2.75, 3.05) is 33.9 Å². The maximum Gasteiger partial charge on any atom is 0.189 e. The van der Waals surface area contributed by atoms with Gasteiger partial charge in [0.1, 0.15) is 12.5 Å². The van der Waals surface area contributed by atoms with Crippen LogP contribution in [0.3, 0.4) is 0 Å². The first kappa shape index (κ1) is 22.1. The van der Waals surface area contributed by atoms with Crippen molar-refractivity contribution in [3.63, 3.8) is 0 Å². The third kappa shape index (κ3) is 3.67. The standard InChI is InChI=1S/C24H25N5O2/c1-15(2)12-31-20-6-5-16(9-21(20)30-4)22-19-11-29(3)8-7-17(19)18(10-25)23(28)24(22,13-26)14-27/h5-7,9,18-19,22,28H,1,8,11-12H2,2-4H3/t18-,19+,22-/m1/s1. The molecule has 0 amide bonds. The van der Waals surface area contributed by atoms with E-state index in [0.717, 1.165) is 11.1 Å². The van der Waals surface area contributed by atoms with E-state index >= 15 is 0 Å². The Morgan fingerprint density at radius 2 is 2.00 bits per heavy atom. The predicted molar refractivity (Wildman–Crippen MR) is 116 cm³/mol. The monoisotopic (exact) mass is 415 g/mol. The Morgan fingerprint density at radius 1 is 1.29 bits per heavy atom. The second kappa shape index (κ2) is 8.64. The SMILES string of the molecule is C=C(C)COc1ccc([C@@H]2[C@H]3CN(C)CC=C3[C@@H](C#N)C(=N)C2(C#N)C#N)cc1OC. The van der Waals surface area contributed by atoms with Crippen LogP contribution in [0, 0.1) is 56.7 Å². The molecule has 0 saturated heterocycles. The smallest absolute Gasteiger partial charge is 0.189 e. The summed E-state index contributed by atoms with van der Waals surface area (Å²) in [5.74, 6) is -0.714. The number of fused-ring (bicyclic) bond motifs is 1. The summed E-state index contributed by atoms with van der Waals surface area (Å²) in [6.45, 7) is 7.29. The molecule has 0 bridgehead atoms. The van der Waals surface area contributed by atoms with Crippen molar-refractivity contribution in [3.05, 3.63) is 47.6 Å². The second-order valence-corrected chi connectivity index (χ2v) is 8.17. The number of nitriles is 3. The van der Waals surface area contributed by atoms with Crippen molar-refractivity contribution in [2.45, 2.75) is 12.8 Å². The molecule has 158 valence electrons. The van der Waals surface area contributed by atoms with Crippen molar-refractivity contribution < 1.29 is 9.47 Å². The minimum absolute atomic E-state index is 0.154. The van der Waals surface area contributed by atoms with Crippen molar-refractivity contribution in [2.24, 2.45) is 17.3 Å². The topological polar surface area (TPSA) is 117 Å². The first-order valence-electron chi connectivity index (χ1n) is 9.97. The molecule has 1 aliphatic heterocycles. The van der Waals surface area contributed by atoms with E-state index < -0.39 is 17.3 Å². The lowest BCUT2D eigenvalue weighted by Crippen LogP contribution is -2.52. The summed E-state index contributed by atoms with van der Waals surface area (Å²) < 4.78 is 11.3. The summed E-state index contributed by atoms with van der Waals surface area (Å²) in [7, 11) is 3.49.